The summed E-state index contributed by atoms with van der Waals surface area (Å²) in [5, 5.41) is 8.96. The lowest BCUT2D eigenvalue weighted by Crippen LogP contribution is -2.18. The van der Waals surface area contributed by atoms with E-state index in [1.54, 1.807) is 6.07 Å². The van der Waals surface area contributed by atoms with Crippen LogP contribution >= 0.6 is 0 Å². The highest BCUT2D eigenvalue weighted by molar-refractivity contribution is 5.76. The van der Waals surface area contributed by atoms with Gasteiger partial charge in [0.15, 0.2) is 0 Å². The molecule has 0 saturated carbocycles. The molecule has 1 aromatic carbocycles. The molecule has 0 aliphatic rings. The smallest absolute Gasteiger partial charge is 0.126 e. The molecule has 3 N–H and O–H groups in total. The largest absolute Gasteiger partial charge is 0.396 e. The minimum absolute atomic E-state index is 0.0187. The maximum atomic E-state index is 13.3. The topological polar surface area (TPSA) is 64.1 Å². The number of nitrogens with zero attached hydrogens (tertiary/aromatic N) is 2. The predicted molar refractivity (Wildman–Crippen MR) is 68.6 cm³/mol. The maximum absolute atomic E-state index is 13.3. The molecule has 0 fully saturated rings. The molecule has 1 unspecified atom stereocenters. The van der Waals surface area contributed by atoms with Crippen molar-refractivity contribution in [3.8, 4) is 0 Å². The number of benzene rings is 1. The van der Waals surface area contributed by atoms with Crippen molar-refractivity contribution in [1.82, 2.24) is 9.55 Å². The number of rotatable bonds is 5. The molecule has 1 atom stereocenters. The number of hydrogen-bond donors (Lipinski definition) is 2. The first kappa shape index (κ1) is 13.0. The zero-order chi connectivity index (χ0) is 13.1. The molecular formula is C13H18FN3O. The second-order valence-electron chi connectivity index (χ2n) is 4.37. The quantitative estimate of drug-likeness (QED) is 0.854. The van der Waals surface area contributed by atoms with Gasteiger partial charge in [-0.15, -0.1) is 0 Å². The molecule has 4 nitrogen and oxygen atoms in total. The molecular weight excluding hydrogens is 233 g/mol. The number of aliphatic hydroxyl groups excluding tert-OH is 1. The summed E-state index contributed by atoms with van der Waals surface area (Å²) in [5.74, 6) is 0.438. The van der Waals surface area contributed by atoms with E-state index in [4.69, 9.17) is 10.8 Å². The van der Waals surface area contributed by atoms with Gasteiger partial charge in [-0.1, -0.05) is 6.92 Å². The third-order valence-electron chi connectivity index (χ3n) is 2.96. The van der Waals surface area contributed by atoms with Gasteiger partial charge >= 0.3 is 0 Å². The second-order valence-corrected chi connectivity index (χ2v) is 4.37. The van der Waals surface area contributed by atoms with Crippen molar-refractivity contribution in [2.45, 2.75) is 32.4 Å². The zero-order valence-corrected chi connectivity index (χ0v) is 10.4. The highest BCUT2D eigenvalue weighted by Gasteiger charge is 2.16. The molecule has 18 heavy (non-hydrogen) atoms. The van der Waals surface area contributed by atoms with Crippen LogP contribution in [-0.4, -0.2) is 21.3 Å². The summed E-state index contributed by atoms with van der Waals surface area (Å²) in [6.07, 6.45) is 1.37. The van der Waals surface area contributed by atoms with Gasteiger partial charge in [0, 0.05) is 13.2 Å². The fourth-order valence-corrected chi connectivity index (χ4v) is 2.12. The number of aliphatic hydroxyl groups is 1. The van der Waals surface area contributed by atoms with Crippen LogP contribution in [0.1, 0.15) is 31.6 Å². The van der Waals surface area contributed by atoms with E-state index in [1.165, 1.54) is 12.1 Å². The van der Waals surface area contributed by atoms with E-state index in [9.17, 15) is 4.39 Å². The Balaban J connectivity index is 2.54. The van der Waals surface area contributed by atoms with Gasteiger partial charge in [-0.05, 0) is 31.0 Å². The van der Waals surface area contributed by atoms with Gasteiger partial charge in [0.05, 0.1) is 17.1 Å². The molecule has 0 amide bonds. The average molecular weight is 251 g/mol. The van der Waals surface area contributed by atoms with Crippen molar-refractivity contribution in [1.29, 1.82) is 0 Å². The van der Waals surface area contributed by atoms with E-state index in [-0.39, 0.29) is 18.5 Å². The fraction of sp³-hybridized carbons (Fsp3) is 0.462. The standard InChI is InChI=1S/C13H18FN3O/c1-2-6-17-12-8-9(14)3-4-11(12)16-13(17)10(15)5-7-18/h3-4,8,10,18H,2,5-7,15H2,1H3. The van der Waals surface area contributed by atoms with Gasteiger partial charge in [0.1, 0.15) is 11.6 Å². The molecule has 1 aromatic heterocycles. The fourth-order valence-electron chi connectivity index (χ4n) is 2.12. The van der Waals surface area contributed by atoms with Crippen molar-refractivity contribution < 1.29 is 9.50 Å². The molecule has 2 aromatic rings. The van der Waals surface area contributed by atoms with Gasteiger partial charge in [-0.3, -0.25) is 0 Å². The number of hydrogen-bond acceptors (Lipinski definition) is 3. The van der Waals surface area contributed by atoms with Crippen molar-refractivity contribution in [2.75, 3.05) is 6.61 Å². The van der Waals surface area contributed by atoms with E-state index in [0.717, 1.165) is 24.0 Å². The van der Waals surface area contributed by atoms with Crippen LogP contribution in [0.15, 0.2) is 18.2 Å². The first-order valence-electron chi connectivity index (χ1n) is 6.19. The summed E-state index contributed by atoms with van der Waals surface area (Å²) < 4.78 is 15.2. The lowest BCUT2D eigenvalue weighted by Gasteiger charge is -2.13. The van der Waals surface area contributed by atoms with Crippen LogP contribution in [-0.2, 0) is 6.54 Å². The van der Waals surface area contributed by atoms with Crippen LogP contribution in [0.25, 0.3) is 11.0 Å². The number of nitrogens with two attached hydrogens (primary N) is 1. The summed E-state index contributed by atoms with van der Waals surface area (Å²) in [5.41, 5.74) is 7.51. The van der Waals surface area contributed by atoms with E-state index in [1.807, 2.05) is 11.5 Å². The molecule has 5 heteroatoms. The maximum Gasteiger partial charge on any atom is 0.126 e. The highest BCUT2D eigenvalue weighted by atomic mass is 19.1. The monoisotopic (exact) mass is 251 g/mol. The van der Waals surface area contributed by atoms with Gasteiger partial charge in [-0.25, -0.2) is 9.37 Å². The number of aromatic nitrogens is 2. The molecule has 0 aliphatic carbocycles. The minimum atomic E-state index is -0.322. The van der Waals surface area contributed by atoms with Gasteiger partial charge in [0.2, 0.25) is 0 Å². The van der Waals surface area contributed by atoms with Crippen molar-refractivity contribution in [2.24, 2.45) is 5.73 Å². The predicted octanol–water partition coefficient (Wildman–Crippen LogP) is 1.97. The Labute approximate surface area is 105 Å². The van der Waals surface area contributed by atoms with Crippen LogP contribution in [0.2, 0.25) is 0 Å². The zero-order valence-electron chi connectivity index (χ0n) is 10.4. The summed E-state index contributed by atoms with van der Waals surface area (Å²) in [4.78, 5) is 4.45. The molecule has 0 radical (unpaired) electrons. The highest BCUT2D eigenvalue weighted by Crippen LogP contribution is 2.22. The molecule has 0 saturated heterocycles. The second kappa shape index (κ2) is 5.46. The van der Waals surface area contributed by atoms with Gasteiger partial charge < -0.3 is 15.4 Å². The van der Waals surface area contributed by atoms with Crippen LogP contribution in [0.5, 0.6) is 0 Å². The van der Waals surface area contributed by atoms with E-state index < -0.39 is 0 Å². The average Bonchev–Trinajstić information content (AvgIpc) is 2.69. The van der Waals surface area contributed by atoms with E-state index >= 15 is 0 Å². The normalized spacial score (nSPS) is 13.1. The lowest BCUT2D eigenvalue weighted by molar-refractivity contribution is 0.273. The lowest BCUT2D eigenvalue weighted by atomic mass is 10.2. The summed E-state index contributed by atoms with van der Waals surface area (Å²) >= 11 is 0. The van der Waals surface area contributed by atoms with Crippen molar-refractivity contribution in [3.05, 3.63) is 29.8 Å². The van der Waals surface area contributed by atoms with E-state index in [0.29, 0.717) is 12.2 Å². The Morgan fingerprint density at radius 3 is 2.94 bits per heavy atom. The van der Waals surface area contributed by atoms with Crippen molar-refractivity contribution >= 4 is 11.0 Å². The summed E-state index contributed by atoms with van der Waals surface area (Å²) in [6.45, 7) is 2.81. The Morgan fingerprint density at radius 1 is 1.50 bits per heavy atom. The first-order valence-corrected chi connectivity index (χ1v) is 6.19. The molecule has 0 spiro atoms. The number of fused-ring (bicyclic) bond motifs is 1. The van der Waals surface area contributed by atoms with Crippen LogP contribution < -0.4 is 5.73 Å². The molecule has 1 heterocycles. The molecule has 0 bridgehead atoms. The van der Waals surface area contributed by atoms with E-state index in [2.05, 4.69) is 4.98 Å². The Bertz CT molecular complexity index is 538. The first-order chi connectivity index (χ1) is 8.67. The van der Waals surface area contributed by atoms with Gasteiger partial charge in [-0.2, -0.15) is 0 Å². The van der Waals surface area contributed by atoms with Crippen LogP contribution in [0, 0.1) is 5.82 Å². The number of imidazole rings is 1. The Hall–Kier alpha value is -1.46. The van der Waals surface area contributed by atoms with Crippen molar-refractivity contribution in [3.63, 3.8) is 0 Å². The Morgan fingerprint density at radius 2 is 2.28 bits per heavy atom. The number of aryl methyl sites for hydroxylation is 1. The summed E-state index contributed by atoms with van der Waals surface area (Å²) in [7, 11) is 0. The SMILES string of the molecule is CCCn1c(C(N)CCO)nc2ccc(F)cc21. The molecule has 0 aliphatic heterocycles. The summed E-state index contributed by atoms with van der Waals surface area (Å²) in [6, 6.07) is 4.21. The third kappa shape index (κ3) is 2.37. The minimum Gasteiger partial charge on any atom is -0.396 e. The van der Waals surface area contributed by atoms with Crippen LogP contribution in [0.4, 0.5) is 4.39 Å². The van der Waals surface area contributed by atoms with Gasteiger partial charge in [0.25, 0.3) is 0 Å². The molecule has 98 valence electrons. The van der Waals surface area contributed by atoms with Crippen LogP contribution in [0.3, 0.4) is 0 Å². The molecule has 2 rings (SSSR count). The number of halogens is 1. The Kier molecular flexibility index (Phi) is 3.93. The third-order valence-corrected chi connectivity index (χ3v) is 2.96.